The number of aromatic nitrogens is 2. The van der Waals surface area contributed by atoms with Crippen LogP contribution >= 0.6 is 11.8 Å². The van der Waals surface area contributed by atoms with Gasteiger partial charge in [-0.05, 0) is 12.1 Å². The van der Waals surface area contributed by atoms with Gasteiger partial charge in [-0.3, -0.25) is 0 Å². The van der Waals surface area contributed by atoms with Crippen molar-refractivity contribution in [2.75, 3.05) is 12.4 Å². The van der Waals surface area contributed by atoms with Crippen molar-refractivity contribution >= 4 is 11.8 Å². The average molecular weight is 224 g/mol. The van der Waals surface area contributed by atoms with Crippen molar-refractivity contribution in [3.8, 4) is 0 Å². The summed E-state index contributed by atoms with van der Waals surface area (Å²) in [6, 6.07) is 2.10. The monoisotopic (exact) mass is 224 g/mol. The second-order valence-electron chi connectivity index (χ2n) is 2.33. The number of aliphatic hydroxyl groups excluding tert-OH is 1. The molecule has 7 heteroatoms. The second kappa shape index (κ2) is 4.61. The van der Waals surface area contributed by atoms with E-state index in [-0.39, 0.29) is 6.61 Å². The van der Waals surface area contributed by atoms with Crippen LogP contribution in [0.2, 0.25) is 0 Å². The summed E-state index contributed by atoms with van der Waals surface area (Å²) in [6.45, 7) is -0.0482. The minimum absolute atomic E-state index is 0.0482. The van der Waals surface area contributed by atoms with Gasteiger partial charge in [0.05, 0.1) is 6.61 Å². The minimum atomic E-state index is -4.45. The number of alkyl halides is 3. The third-order valence-electron chi connectivity index (χ3n) is 1.27. The van der Waals surface area contributed by atoms with E-state index in [9.17, 15) is 13.2 Å². The highest BCUT2D eigenvalue weighted by atomic mass is 32.2. The first kappa shape index (κ1) is 11.3. The van der Waals surface area contributed by atoms with Crippen LogP contribution in [0.15, 0.2) is 17.2 Å². The van der Waals surface area contributed by atoms with Crippen molar-refractivity contribution in [2.24, 2.45) is 0 Å². The summed E-state index contributed by atoms with van der Waals surface area (Å²) in [6.07, 6.45) is -4.45. The zero-order valence-electron chi connectivity index (χ0n) is 6.95. The Morgan fingerprint density at radius 3 is 2.43 bits per heavy atom. The first-order valence-electron chi connectivity index (χ1n) is 3.68. The Bertz CT molecular complexity index is 288. The molecule has 1 rings (SSSR count). The van der Waals surface area contributed by atoms with Gasteiger partial charge in [0.25, 0.3) is 0 Å². The molecule has 78 valence electrons. The molecule has 0 bridgehead atoms. The maximum atomic E-state index is 12.0. The summed E-state index contributed by atoms with van der Waals surface area (Å²) < 4.78 is 36.1. The summed E-state index contributed by atoms with van der Waals surface area (Å²) in [5, 5.41) is 15.2. The summed E-state index contributed by atoms with van der Waals surface area (Å²) in [5.74, 6) is 0.389. The van der Waals surface area contributed by atoms with Crippen molar-refractivity contribution in [3.05, 3.63) is 17.8 Å². The number of aliphatic hydroxyl groups is 1. The summed E-state index contributed by atoms with van der Waals surface area (Å²) in [4.78, 5) is 0. The Kier molecular flexibility index (Phi) is 3.70. The molecule has 0 aromatic carbocycles. The molecule has 14 heavy (non-hydrogen) atoms. The highest BCUT2D eigenvalue weighted by Crippen LogP contribution is 2.27. The van der Waals surface area contributed by atoms with Crippen LogP contribution < -0.4 is 0 Å². The van der Waals surface area contributed by atoms with E-state index < -0.39 is 11.9 Å². The van der Waals surface area contributed by atoms with E-state index in [1.165, 1.54) is 6.07 Å². The molecule has 0 saturated heterocycles. The predicted molar refractivity (Wildman–Crippen MR) is 44.8 cm³/mol. The third kappa shape index (κ3) is 3.15. The molecule has 0 spiro atoms. The van der Waals surface area contributed by atoms with Crippen molar-refractivity contribution in [1.29, 1.82) is 0 Å². The largest absolute Gasteiger partial charge is 0.435 e. The van der Waals surface area contributed by atoms with Crippen LogP contribution in [0.4, 0.5) is 13.2 Å². The quantitative estimate of drug-likeness (QED) is 0.792. The number of thioether (sulfide) groups is 1. The fraction of sp³-hybridized carbons (Fsp3) is 0.429. The molecule has 0 aliphatic heterocycles. The van der Waals surface area contributed by atoms with Crippen molar-refractivity contribution in [3.63, 3.8) is 0 Å². The molecule has 0 radical (unpaired) electrons. The summed E-state index contributed by atoms with van der Waals surface area (Å²) in [5.41, 5.74) is -1.01. The Balaban J connectivity index is 2.69. The number of nitrogens with zero attached hydrogens (tertiary/aromatic N) is 2. The van der Waals surface area contributed by atoms with E-state index in [2.05, 4.69) is 10.2 Å². The van der Waals surface area contributed by atoms with Crippen LogP contribution in [0.1, 0.15) is 5.69 Å². The van der Waals surface area contributed by atoms with Crippen LogP contribution in [0, 0.1) is 0 Å². The average Bonchev–Trinajstić information content (AvgIpc) is 2.14. The lowest BCUT2D eigenvalue weighted by atomic mass is 10.4. The van der Waals surface area contributed by atoms with Crippen molar-refractivity contribution < 1.29 is 18.3 Å². The molecule has 0 aliphatic carbocycles. The zero-order chi connectivity index (χ0) is 10.6. The molecule has 0 aliphatic rings. The first-order valence-corrected chi connectivity index (χ1v) is 4.67. The predicted octanol–water partition coefficient (Wildman–Crippen LogP) is 1.58. The SMILES string of the molecule is OCCSc1ccc(C(F)(F)F)nn1. The molecule has 0 fully saturated rings. The fourth-order valence-electron chi connectivity index (χ4n) is 0.698. The molecule has 3 nitrogen and oxygen atoms in total. The normalized spacial score (nSPS) is 11.7. The molecular formula is C7H7F3N2OS. The summed E-state index contributed by atoms with van der Waals surface area (Å²) >= 11 is 1.15. The van der Waals surface area contributed by atoms with Gasteiger partial charge in [-0.1, -0.05) is 0 Å². The van der Waals surface area contributed by atoms with E-state index in [1.807, 2.05) is 0 Å². The van der Waals surface area contributed by atoms with Gasteiger partial charge in [-0.15, -0.1) is 22.0 Å². The lowest BCUT2D eigenvalue weighted by molar-refractivity contribution is -0.141. The third-order valence-corrected chi connectivity index (χ3v) is 2.17. The van der Waals surface area contributed by atoms with E-state index >= 15 is 0 Å². The number of hydrogen-bond acceptors (Lipinski definition) is 4. The second-order valence-corrected chi connectivity index (χ2v) is 3.44. The Morgan fingerprint density at radius 2 is 2.00 bits per heavy atom. The highest BCUT2D eigenvalue weighted by Gasteiger charge is 2.32. The maximum absolute atomic E-state index is 12.0. The van der Waals surface area contributed by atoms with Gasteiger partial charge in [0.15, 0.2) is 5.69 Å². The molecule has 0 unspecified atom stereocenters. The zero-order valence-corrected chi connectivity index (χ0v) is 7.77. The molecule has 1 heterocycles. The maximum Gasteiger partial charge on any atom is 0.435 e. The molecule has 0 amide bonds. The Labute approximate surface area is 82.3 Å². The van der Waals surface area contributed by atoms with Gasteiger partial charge in [-0.2, -0.15) is 13.2 Å². The lowest BCUT2D eigenvalue weighted by Crippen LogP contribution is -2.08. The van der Waals surface area contributed by atoms with E-state index in [0.29, 0.717) is 10.8 Å². The molecule has 0 atom stereocenters. The standard InChI is InChI=1S/C7H7F3N2OS/c8-7(9,10)5-1-2-6(12-11-5)14-4-3-13/h1-2,13H,3-4H2. The van der Waals surface area contributed by atoms with Crippen LogP contribution in [0.25, 0.3) is 0 Å². The Hall–Kier alpha value is -0.820. The van der Waals surface area contributed by atoms with Crippen molar-refractivity contribution in [2.45, 2.75) is 11.2 Å². The number of hydrogen-bond donors (Lipinski definition) is 1. The van der Waals surface area contributed by atoms with Gasteiger partial charge < -0.3 is 5.11 Å². The van der Waals surface area contributed by atoms with Crippen LogP contribution in [0.5, 0.6) is 0 Å². The van der Waals surface area contributed by atoms with E-state index in [1.54, 1.807) is 0 Å². The fourth-order valence-corrected chi connectivity index (χ4v) is 1.26. The molecule has 1 N–H and O–H groups in total. The lowest BCUT2D eigenvalue weighted by Gasteiger charge is -2.04. The Morgan fingerprint density at radius 1 is 1.29 bits per heavy atom. The van der Waals surface area contributed by atoms with Gasteiger partial charge in [0.1, 0.15) is 5.03 Å². The van der Waals surface area contributed by atoms with Crippen molar-refractivity contribution in [1.82, 2.24) is 10.2 Å². The van der Waals surface area contributed by atoms with E-state index in [0.717, 1.165) is 17.8 Å². The van der Waals surface area contributed by atoms with E-state index in [4.69, 9.17) is 5.11 Å². The molecule has 1 aromatic heterocycles. The first-order chi connectivity index (χ1) is 6.54. The highest BCUT2D eigenvalue weighted by molar-refractivity contribution is 7.99. The molecule has 1 aromatic rings. The van der Waals surface area contributed by atoms with Gasteiger partial charge >= 0.3 is 6.18 Å². The van der Waals surface area contributed by atoms with Gasteiger partial charge in [-0.25, -0.2) is 0 Å². The van der Waals surface area contributed by atoms with Crippen LogP contribution in [0.3, 0.4) is 0 Å². The number of rotatable bonds is 3. The number of halogens is 3. The molecular weight excluding hydrogens is 217 g/mol. The summed E-state index contributed by atoms with van der Waals surface area (Å²) in [7, 11) is 0. The topological polar surface area (TPSA) is 46.0 Å². The smallest absolute Gasteiger partial charge is 0.396 e. The van der Waals surface area contributed by atoms with Gasteiger partial charge in [0, 0.05) is 5.75 Å². The molecule has 0 saturated carbocycles. The minimum Gasteiger partial charge on any atom is -0.396 e. The van der Waals surface area contributed by atoms with Crippen LogP contribution in [-0.4, -0.2) is 27.7 Å². The van der Waals surface area contributed by atoms with Crippen LogP contribution in [-0.2, 0) is 6.18 Å². The van der Waals surface area contributed by atoms with Gasteiger partial charge in [0.2, 0.25) is 0 Å².